The van der Waals surface area contributed by atoms with Crippen LogP contribution in [0.1, 0.15) is 46.3 Å². The lowest BCUT2D eigenvalue weighted by Gasteiger charge is -2.27. The van der Waals surface area contributed by atoms with Gasteiger partial charge < -0.3 is 9.14 Å². The summed E-state index contributed by atoms with van der Waals surface area (Å²) in [6, 6.07) is 25.0. The van der Waals surface area contributed by atoms with Gasteiger partial charge in [0, 0.05) is 42.3 Å². The van der Waals surface area contributed by atoms with Crippen molar-refractivity contribution in [1.82, 2.24) is 9.38 Å². The number of pyridine rings is 2. The Morgan fingerprint density at radius 1 is 0.844 bits per heavy atom. The molecule has 6 aromatic rings. The molecule has 0 N–H and O–H groups in total. The predicted octanol–water partition coefficient (Wildman–Crippen LogP) is 9.41. The number of carbonyl (C=O) groups excluding carboxylic acids is 1. The summed E-state index contributed by atoms with van der Waals surface area (Å²) in [7, 11) is 0. The van der Waals surface area contributed by atoms with Crippen LogP contribution in [-0.4, -0.2) is 22.0 Å². The number of hydrogen-bond donors (Lipinski definition) is 0. The van der Waals surface area contributed by atoms with Gasteiger partial charge in [0.25, 0.3) is 0 Å². The maximum absolute atomic E-state index is 14.4. The lowest BCUT2D eigenvalue weighted by atomic mass is 9.77. The third kappa shape index (κ3) is 4.85. The van der Waals surface area contributed by atoms with Gasteiger partial charge in [0.2, 0.25) is 0 Å². The van der Waals surface area contributed by atoms with Gasteiger partial charge in [0.05, 0.1) is 12.2 Å². The number of aromatic nitrogens is 2. The van der Waals surface area contributed by atoms with Crippen molar-refractivity contribution in [3.8, 4) is 22.3 Å². The van der Waals surface area contributed by atoms with Crippen LogP contribution < -0.4 is 0 Å². The normalized spacial score (nSPS) is 14.1. The van der Waals surface area contributed by atoms with E-state index in [0.717, 1.165) is 69.8 Å². The predicted molar refractivity (Wildman–Crippen MR) is 178 cm³/mol. The van der Waals surface area contributed by atoms with E-state index in [0.29, 0.717) is 12.0 Å². The second-order valence-corrected chi connectivity index (χ2v) is 11.8. The number of hydrogen-bond acceptors (Lipinski definition) is 3. The Morgan fingerprint density at radius 3 is 2.58 bits per heavy atom. The highest BCUT2D eigenvalue weighted by Gasteiger charge is 2.27. The first-order valence-corrected chi connectivity index (χ1v) is 15.6. The minimum absolute atomic E-state index is 0.247. The Kier molecular flexibility index (Phi) is 6.87. The van der Waals surface area contributed by atoms with Gasteiger partial charge in [-0.25, -0.2) is 9.18 Å². The van der Waals surface area contributed by atoms with Crippen molar-refractivity contribution in [2.45, 2.75) is 32.1 Å². The second-order valence-electron chi connectivity index (χ2n) is 11.8. The van der Waals surface area contributed by atoms with Crippen LogP contribution in [0.4, 0.5) is 4.39 Å². The minimum Gasteiger partial charge on any atom is -0.462 e. The molecule has 0 amide bonds. The number of aryl methyl sites for hydroxylation is 1. The molecule has 0 fully saturated rings. The lowest BCUT2D eigenvalue weighted by molar-refractivity contribution is 0.0513. The lowest BCUT2D eigenvalue weighted by Crippen LogP contribution is -2.13. The van der Waals surface area contributed by atoms with Gasteiger partial charge in [0.15, 0.2) is 0 Å². The second kappa shape index (κ2) is 11.3. The zero-order chi connectivity index (χ0) is 30.3. The first-order valence-electron chi connectivity index (χ1n) is 15.6. The van der Waals surface area contributed by atoms with E-state index in [9.17, 15) is 9.18 Å². The summed E-state index contributed by atoms with van der Waals surface area (Å²) in [5, 5.41) is 1.91. The summed E-state index contributed by atoms with van der Waals surface area (Å²) >= 11 is 0. The van der Waals surface area contributed by atoms with E-state index in [-0.39, 0.29) is 18.4 Å². The molecule has 3 aromatic heterocycles. The van der Waals surface area contributed by atoms with Gasteiger partial charge in [-0.15, -0.1) is 0 Å². The number of fused-ring (bicyclic) bond motifs is 5. The van der Waals surface area contributed by atoms with Crippen molar-refractivity contribution >= 4 is 27.8 Å². The van der Waals surface area contributed by atoms with Crippen LogP contribution in [0.15, 0.2) is 121 Å². The van der Waals surface area contributed by atoms with Gasteiger partial charge in [0.1, 0.15) is 5.82 Å². The third-order valence-corrected chi connectivity index (χ3v) is 9.27. The molecule has 0 saturated heterocycles. The number of benzene rings is 3. The highest BCUT2D eigenvalue weighted by molar-refractivity contribution is 6.15. The number of rotatable bonds is 6. The standard InChI is InChI=1S/C40H31FN2O2/c41-30-11-8-27(9-12-30)35-25-36-33-13-10-26-5-1-2-6-31(26)32(33)14-15-34(36)39(38(35)29-16-20-42-21-17-29)40(44)45-24-19-28-18-23-43-22-4-3-7-37(28)43/h2-4,6-9,11-12,14-18,20-23,25H,1,5,10,13,19,24H2. The minimum atomic E-state index is -0.368. The molecule has 8 rings (SSSR count). The van der Waals surface area contributed by atoms with Crippen molar-refractivity contribution in [1.29, 1.82) is 0 Å². The summed E-state index contributed by atoms with van der Waals surface area (Å²) in [5.74, 6) is -0.670. The van der Waals surface area contributed by atoms with Crippen LogP contribution in [0.25, 0.3) is 44.1 Å². The van der Waals surface area contributed by atoms with Crippen molar-refractivity contribution in [3.63, 3.8) is 0 Å². The molecule has 4 nitrogen and oxygen atoms in total. The Bertz CT molecular complexity index is 2160. The topological polar surface area (TPSA) is 43.6 Å². The van der Waals surface area contributed by atoms with Crippen LogP contribution in [0.5, 0.6) is 0 Å². The average molecular weight is 591 g/mol. The first kappa shape index (κ1) is 27.3. The molecule has 0 radical (unpaired) electrons. The Labute approximate surface area is 261 Å². The molecule has 0 bridgehead atoms. The number of halogens is 1. The summed E-state index contributed by atoms with van der Waals surface area (Å²) in [6.45, 7) is 0.247. The molecular weight excluding hydrogens is 559 g/mol. The van der Waals surface area contributed by atoms with Crippen molar-refractivity contribution in [2.75, 3.05) is 6.61 Å². The average Bonchev–Trinajstić information content (AvgIpc) is 3.50. The van der Waals surface area contributed by atoms with E-state index in [1.165, 1.54) is 34.4 Å². The molecule has 5 heteroatoms. The molecule has 0 unspecified atom stereocenters. The fraction of sp³-hybridized carbons (Fsp3) is 0.150. The van der Waals surface area contributed by atoms with E-state index >= 15 is 0 Å². The number of esters is 1. The van der Waals surface area contributed by atoms with Crippen molar-refractivity contribution in [2.24, 2.45) is 0 Å². The third-order valence-electron chi connectivity index (χ3n) is 9.27. The van der Waals surface area contributed by atoms with Gasteiger partial charge in [-0.1, -0.05) is 48.1 Å². The molecule has 45 heavy (non-hydrogen) atoms. The summed E-state index contributed by atoms with van der Waals surface area (Å²) < 4.78 is 22.3. The smallest absolute Gasteiger partial charge is 0.339 e. The van der Waals surface area contributed by atoms with E-state index in [2.05, 4.69) is 51.9 Å². The summed E-state index contributed by atoms with van der Waals surface area (Å²) in [6.07, 6.45) is 16.7. The molecular formula is C40H31FN2O2. The Morgan fingerprint density at radius 2 is 1.71 bits per heavy atom. The summed E-state index contributed by atoms with van der Waals surface area (Å²) in [4.78, 5) is 18.6. The zero-order valence-corrected chi connectivity index (χ0v) is 24.8. The SMILES string of the molecule is O=C(OCCc1ccn2ccccc12)c1c(-c2ccncc2)c(-c2ccc(F)cc2)cc2c3c(ccc12)C1=C(CCC=C1)CC3. The Hall–Kier alpha value is -5.29. The van der Waals surface area contributed by atoms with Gasteiger partial charge in [-0.3, -0.25) is 4.98 Å². The highest BCUT2D eigenvalue weighted by Crippen LogP contribution is 2.45. The van der Waals surface area contributed by atoms with E-state index in [1.807, 2.05) is 36.7 Å². The number of ether oxygens (including phenoxy) is 1. The molecule has 0 atom stereocenters. The van der Waals surface area contributed by atoms with Crippen LogP contribution in [0.2, 0.25) is 0 Å². The molecule has 0 spiro atoms. The molecule has 220 valence electrons. The molecule has 2 aliphatic rings. The fourth-order valence-corrected chi connectivity index (χ4v) is 7.12. The van der Waals surface area contributed by atoms with E-state index in [1.54, 1.807) is 24.5 Å². The van der Waals surface area contributed by atoms with Crippen LogP contribution >= 0.6 is 0 Å². The van der Waals surface area contributed by atoms with Crippen LogP contribution in [0, 0.1) is 5.82 Å². The Balaban J connectivity index is 1.31. The molecule has 3 heterocycles. The highest BCUT2D eigenvalue weighted by atomic mass is 19.1. The number of nitrogens with zero attached hydrogens (tertiary/aromatic N) is 2. The van der Waals surface area contributed by atoms with Crippen LogP contribution in [-0.2, 0) is 17.6 Å². The first-order chi connectivity index (χ1) is 22.2. The van der Waals surface area contributed by atoms with Crippen molar-refractivity contribution in [3.05, 3.63) is 149 Å². The fourth-order valence-electron chi connectivity index (χ4n) is 7.12. The summed E-state index contributed by atoms with van der Waals surface area (Å²) in [5.41, 5.74) is 11.4. The number of allylic oxidation sites excluding steroid dienone is 4. The van der Waals surface area contributed by atoms with Gasteiger partial charge >= 0.3 is 5.97 Å². The molecule has 2 aliphatic carbocycles. The van der Waals surface area contributed by atoms with E-state index < -0.39 is 0 Å². The van der Waals surface area contributed by atoms with Crippen LogP contribution in [0.3, 0.4) is 0 Å². The maximum atomic E-state index is 14.4. The zero-order valence-electron chi connectivity index (χ0n) is 24.8. The van der Waals surface area contributed by atoms with Gasteiger partial charge in [-0.05, 0) is 124 Å². The van der Waals surface area contributed by atoms with E-state index in [4.69, 9.17) is 4.74 Å². The largest absolute Gasteiger partial charge is 0.462 e. The van der Waals surface area contributed by atoms with Gasteiger partial charge in [-0.2, -0.15) is 0 Å². The molecule has 0 saturated carbocycles. The quantitative estimate of drug-likeness (QED) is 0.182. The molecule has 0 aliphatic heterocycles. The maximum Gasteiger partial charge on any atom is 0.339 e. The number of carbonyl (C=O) groups is 1. The van der Waals surface area contributed by atoms with Crippen molar-refractivity contribution < 1.29 is 13.9 Å². The monoisotopic (exact) mass is 590 g/mol. The molecule has 3 aromatic carbocycles.